The van der Waals surface area contributed by atoms with Crippen LogP contribution < -0.4 is 0 Å². The highest BCUT2D eigenvalue weighted by Gasteiger charge is 2.11. The zero-order valence-electron chi connectivity index (χ0n) is 9.45. The molecular formula is C11H9N5O2. The number of hydrogen-bond donors (Lipinski definition) is 2. The van der Waals surface area contributed by atoms with Gasteiger partial charge in [0.15, 0.2) is 11.5 Å². The van der Waals surface area contributed by atoms with Crippen LogP contribution in [0.4, 0.5) is 0 Å². The first-order chi connectivity index (χ1) is 8.65. The number of hydrogen-bond acceptors (Lipinski definition) is 4. The summed E-state index contributed by atoms with van der Waals surface area (Å²) < 4.78 is 1.82. The zero-order chi connectivity index (χ0) is 12.7. The predicted molar refractivity (Wildman–Crippen MR) is 63.1 cm³/mol. The average Bonchev–Trinajstić information content (AvgIpc) is 2.92. The lowest BCUT2D eigenvalue weighted by Gasteiger charge is -1.95. The number of fused-ring (bicyclic) bond motifs is 1. The van der Waals surface area contributed by atoms with Crippen LogP contribution in [0, 0.1) is 0 Å². The van der Waals surface area contributed by atoms with Crippen molar-refractivity contribution in [3.63, 3.8) is 0 Å². The third-order valence-corrected chi connectivity index (χ3v) is 2.64. The van der Waals surface area contributed by atoms with Crippen LogP contribution in [0.25, 0.3) is 22.7 Å². The number of nitrogens with one attached hydrogen (secondary N) is 1. The molecule has 0 amide bonds. The number of carbonyl (C=O) groups is 1. The van der Waals surface area contributed by atoms with Crippen LogP contribution in [0.5, 0.6) is 0 Å². The second kappa shape index (κ2) is 3.66. The summed E-state index contributed by atoms with van der Waals surface area (Å²) in [5.41, 5.74) is 2.01. The predicted octanol–water partition coefficient (Wildman–Crippen LogP) is 1.06. The Morgan fingerprint density at radius 3 is 2.94 bits per heavy atom. The number of rotatable bonds is 2. The van der Waals surface area contributed by atoms with Crippen molar-refractivity contribution in [2.24, 2.45) is 7.05 Å². The molecule has 0 atom stereocenters. The standard InChI is InChI=1S/C11H9N5O2/c1-16-5-12-4-8(16)10-14-7-2-6(11(17)18)3-13-9(7)15-10/h2-5H,1H3,(H,17,18)(H,13,14,15). The van der Waals surface area contributed by atoms with Gasteiger partial charge in [0.05, 0.1) is 23.6 Å². The summed E-state index contributed by atoms with van der Waals surface area (Å²) in [6, 6.07) is 1.51. The lowest BCUT2D eigenvalue weighted by molar-refractivity contribution is 0.0696. The summed E-state index contributed by atoms with van der Waals surface area (Å²) in [5.74, 6) is -0.402. The summed E-state index contributed by atoms with van der Waals surface area (Å²) in [6.45, 7) is 0. The van der Waals surface area contributed by atoms with E-state index in [0.29, 0.717) is 17.0 Å². The van der Waals surface area contributed by atoms with Crippen molar-refractivity contribution in [3.8, 4) is 11.5 Å². The maximum Gasteiger partial charge on any atom is 0.337 e. The largest absolute Gasteiger partial charge is 0.478 e. The van der Waals surface area contributed by atoms with E-state index in [9.17, 15) is 4.79 Å². The smallest absolute Gasteiger partial charge is 0.337 e. The summed E-state index contributed by atoms with van der Waals surface area (Å²) in [4.78, 5) is 26.2. The molecule has 0 radical (unpaired) electrons. The van der Waals surface area contributed by atoms with E-state index in [2.05, 4.69) is 19.9 Å². The van der Waals surface area contributed by atoms with E-state index in [0.717, 1.165) is 5.69 Å². The number of carboxylic acid groups (broad SMARTS) is 1. The molecule has 3 heterocycles. The monoisotopic (exact) mass is 243 g/mol. The van der Waals surface area contributed by atoms with Gasteiger partial charge in [-0.15, -0.1) is 0 Å². The number of aromatic amines is 1. The van der Waals surface area contributed by atoms with E-state index in [1.165, 1.54) is 12.3 Å². The first kappa shape index (κ1) is 10.5. The molecule has 0 spiro atoms. The maximum atomic E-state index is 10.8. The van der Waals surface area contributed by atoms with Gasteiger partial charge in [-0.2, -0.15) is 0 Å². The second-order valence-corrected chi connectivity index (χ2v) is 3.88. The van der Waals surface area contributed by atoms with E-state index < -0.39 is 5.97 Å². The molecular weight excluding hydrogens is 234 g/mol. The lowest BCUT2D eigenvalue weighted by Crippen LogP contribution is -1.96. The molecule has 2 N–H and O–H groups in total. The van der Waals surface area contributed by atoms with Gasteiger partial charge in [0, 0.05) is 13.2 Å². The Bertz CT molecular complexity index is 743. The molecule has 3 aromatic rings. The van der Waals surface area contributed by atoms with Crippen molar-refractivity contribution in [3.05, 3.63) is 30.4 Å². The molecule has 0 aromatic carbocycles. The van der Waals surface area contributed by atoms with Crippen molar-refractivity contribution >= 4 is 17.1 Å². The number of H-pyrrole nitrogens is 1. The molecule has 0 unspecified atom stereocenters. The van der Waals surface area contributed by atoms with Gasteiger partial charge in [-0.25, -0.2) is 19.7 Å². The summed E-state index contributed by atoms with van der Waals surface area (Å²) >= 11 is 0. The molecule has 0 aliphatic carbocycles. The summed E-state index contributed by atoms with van der Waals surface area (Å²) in [5, 5.41) is 8.89. The molecule has 0 aliphatic rings. The minimum Gasteiger partial charge on any atom is -0.478 e. The van der Waals surface area contributed by atoms with Crippen LogP contribution >= 0.6 is 0 Å². The third-order valence-electron chi connectivity index (χ3n) is 2.64. The van der Waals surface area contributed by atoms with Gasteiger partial charge >= 0.3 is 5.97 Å². The van der Waals surface area contributed by atoms with E-state index in [1.54, 1.807) is 12.5 Å². The zero-order valence-corrected chi connectivity index (χ0v) is 9.45. The summed E-state index contributed by atoms with van der Waals surface area (Å²) in [7, 11) is 1.85. The molecule has 0 aliphatic heterocycles. The Balaban J connectivity index is 2.17. The van der Waals surface area contributed by atoms with Gasteiger partial charge in [0.2, 0.25) is 0 Å². The van der Waals surface area contributed by atoms with Crippen molar-refractivity contribution in [1.82, 2.24) is 24.5 Å². The highest BCUT2D eigenvalue weighted by Crippen LogP contribution is 2.18. The molecule has 0 saturated carbocycles. The Morgan fingerprint density at radius 2 is 2.28 bits per heavy atom. The fourth-order valence-electron chi connectivity index (χ4n) is 1.72. The minimum absolute atomic E-state index is 0.128. The molecule has 18 heavy (non-hydrogen) atoms. The molecule has 0 saturated heterocycles. The molecule has 90 valence electrons. The topological polar surface area (TPSA) is 96.7 Å². The Morgan fingerprint density at radius 1 is 1.44 bits per heavy atom. The highest BCUT2D eigenvalue weighted by molar-refractivity contribution is 5.91. The minimum atomic E-state index is -1.01. The molecule has 0 bridgehead atoms. The Hall–Kier alpha value is -2.70. The number of imidazole rings is 2. The lowest BCUT2D eigenvalue weighted by atomic mass is 10.3. The van der Waals surface area contributed by atoms with E-state index in [-0.39, 0.29) is 5.56 Å². The quantitative estimate of drug-likeness (QED) is 0.701. The van der Waals surface area contributed by atoms with Gasteiger partial charge < -0.3 is 14.7 Å². The third kappa shape index (κ3) is 1.53. The van der Waals surface area contributed by atoms with Crippen molar-refractivity contribution in [2.75, 3.05) is 0 Å². The van der Waals surface area contributed by atoms with Crippen molar-refractivity contribution in [2.45, 2.75) is 0 Å². The molecule has 7 heteroatoms. The average molecular weight is 243 g/mol. The normalized spacial score (nSPS) is 10.9. The second-order valence-electron chi connectivity index (χ2n) is 3.88. The van der Waals surface area contributed by atoms with Crippen LogP contribution in [-0.4, -0.2) is 35.6 Å². The number of aromatic nitrogens is 5. The van der Waals surface area contributed by atoms with Gasteiger partial charge in [-0.05, 0) is 6.07 Å². The fourth-order valence-corrected chi connectivity index (χ4v) is 1.72. The number of aryl methyl sites for hydroxylation is 1. The van der Waals surface area contributed by atoms with Crippen LogP contribution in [0.3, 0.4) is 0 Å². The Kier molecular flexibility index (Phi) is 2.12. The Labute approximate surface area is 101 Å². The van der Waals surface area contributed by atoms with Crippen LogP contribution in [0.15, 0.2) is 24.8 Å². The van der Waals surface area contributed by atoms with Gasteiger partial charge in [-0.3, -0.25) is 0 Å². The van der Waals surface area contributed by atoms with Crippen molar-refractivity contribution in [1.29, 1.82) is 0 Å². The van der Waals surface area contributed by atoms with Crippen molar-refractivity contribution < 1.29 is 9.90 Å². The number of nitrogens with zero attached hydrogens (tertiary/aromatic N) is 4. The van der Waals surface area contributed by atoms with E-state index in [1.807, 2.05) is 11.6 Å². The maximum absolute atomic E-state index is 10.8. The molecule has 7 nitrogen and oxygen atoms in total. The van der Waals surface area contributed by atoms with Crippen LogP contribution in [0.1, 0.15) is 10.4 Å². The molecule has 0 fully saturated rings. The number of pyridine rings is 1. The summed E-state index contributed by atoms with van der Waals surface area (Å²) in [6.07, 6.45) is 4.63. The van der Waals surface area contributed by atoms with Gasteiger partial charge in [-0.1, -0.05) is 0 Å². The van der Waals surface area contributed by atoms with Crippen LogP contribution in [0.2, 0.25) is 0 Å². The first-order valence-electron chi connectivity index (χ1n) is 5.21. The first-order valence-corrected chi connectivity index (χ1v) is 5.21. The fraction of sp³-hybridized carbons (Fsp3) is 0.0909. The molecule has 3 aromatic heterocycles. The van der Waals surface area contributed by atoms with E-state index in [4.69, 9.17) is 5.11 Å². The number of aromatic carboxylic acids is 1. The van der Waals surface area contributed by atoms with E-state index >= 15 is 0 Å². The van der Waals surface area contributed by atoms with Gasteiger partial charge in [0.25, 0.3) is 0 Å². The highest BCUT2D eigenvalue weighted by atomic mass is 16.4. The number of carboxylic acids is 1. The van der Waals surface area contributed by atoms with Crippen LogP contribution in [-0.2, 0) is 7.05 Å². The van der Waals surface area contributed by atoms with Gasteiger partial charge in [0.1, 0.15) is 5.69 Å². The molecule has 3 rings (SSSR count). The SMILES string of the molecule is Cn1cncc1-c1nc2ncc(C(=O)O)cc2[nH]1.